The second kappa shape index (κ2) is 6.70. The monoisotopic (exact) mass is 337 g/mol. The lowest BCUT2D eigenvalue weighted by atomic mass is 10.1. The van der Waals surface area contributed by atoms with Crippen molar-refractivity contribution in [2.45, 2.75) is 39.7 Å². The second-order valence-electron chi connectivity index (χ2n) is 6.59. The fraction of sp³-hybridized carbons (Fsp3) is 0.421. The van der Waals surface area contributed by atoms with Gasteiger partial charge < -0.3 is 14.7 Å². The Balaban J connectivity index is 1.69. The van der Waals surface area contributed by atoms with E-state index < -0.39 is 0 Å². The van der Waals surface area contributed by atoms with E-state index in [4.69, 9.17) is 14.5 Å². The summed E-state index contributed by atoms with van der Waals surface area (Å²) in [6.07, 6.45) is 3.70. The smallest absolute Gasteiger partial charge is 0.172 e. The summed E-state index contributed by atoms with van der Waals surface area (Å²) in [5.74, 6) is 2.63. The Kier molecular flexibility index (Phi) is 4.26. The number of anilines is 2. The van der Waals surface area contributed by atoms with E-state index >= 15 is 0 Å². The first kappa shape index (κ1) is 15.9. The highest BCUT2D eigenvalue weighted by atomic mass is 16.5. The summed E-state index contributed by atoms with van der Waals surface area (Å²) >= 11 is 0. The summed E-state index contributed by atoms with van der Waals surface area (Å²) in [7, 11) is 0. The van der Waals surface area contributed by atoms with Gasteiger partial charge in [-0.05, 0) is 45.2 Å². The first-order valence-electron chi connectivity index (χ1n) is 8.90. The van der Waals surface area contributed by atoms with E-state index in [0.717, 1.165) is 52.8 Å². The van der Waals surface area contributed by atoms with E-state index in [-0.39, 0.29) is 0 Å². The Morgan fingerprint density at radius 2 is 1.76 bits per heavy atom. The number of nitrogens with zero attached hydrogens (tertiary/aromatic N) is 4. The topological polar surface area (TPSA) is 67.1 Å². The number of para-hydroxylation sites is 2. The molecule has 0 unspecified atom stereocenters. The van der Waals surface area contributed by atoms with Crippen molar-refractivity contribution in [1.29, 1.82) is 0 Å². The highest BCUT2D eigenvalue weighted by molar-refractivity contribution is 5.80. The van der Waals surface area contributed by atoms with Gasteiger partial charge in [-0.2, -0.15) is 0 Å². The fourth-order valence-electron chi connectivity index (χ4n) is 3.36. The molecule has 3 heterocycles. The largest absolute Gasteiger partial charge is 0.363 e. The lowest BCUT2D eigenvalue weighted by Gasteiger charge is -2.29. The van der Waals surface area contributed by atoms with Crippen molar-refractivity contribution in [2.75, 3.05) is 23.3 Å². The van der Waals surface area contributed by atoms with Crippen LogP contribution in [0.3, 0.4) is 0 Å². The van der Waals surface area contributed by atoms with Crippen LogP contribution in [0.25, 0.3) is 11.0 Å². The van der Waals surface area contributed by atoms with Crippen molar-refractivity contribution in [1.82, 2.24) is 15.1 Å². The highest BCUT2D eigenvalue weighted by Crippen LogP contribution is 2.28. The number of aromatic nitrogens is 3. The summed E-state index contributed by atoms with van der Waals surface area (Å²) in [6.45, 7) is 6.61. The number of piperidine rings is 1. The molecule has 1 fully saturated rings. The minimum absolute atomic E-state index is 0.634. The lowest BCUT2D eigenvalue weighted by molar-refractivity contribution is 0.392. The van der Waals surface area contributed by atoms with Crippen LogP contribution < -0.4 is 10.2 Å². The lowest BCUT2D eigenvalue weighted by Crippen LogP contribution is -2.31. The second-order valence-corrected chi connectivity index (χ2v) is 6.59. The van der Waals surface area contributed by atoms with Crippen LogP contribution in [0.1, 0.15) is 36.3 Å². The predicted molar refractivity (Wildman–Crippen MR) is 98.9 cm³/mol. The molecule has 0 aliphatic carbocycles. The molecule has 0 bridgehead atoms. The maximum absolute atomic E-state index is 5.26. The van der Waals surface area contributed by atoms with Gasteiger partial charge in [-0.1, -0.05) is 17.3 Å². The zero-order valence-electron chi connectivity index (χ0n) is 14.7. The molecule has 1 aromatic carbocycles. The fourth-order valence-corrected chi connectivity index (χ4v) is 3.36. The summed E-state index contributed by atoms with van der Waals surface area (Å²) in [4.78, 5) is 12.1. The van der Waals surface area contributed by atoms with Crippen molar-refractivity contribution in [3.05, 3.63) is 41.3 Å². The van der Waals surface area contributed by atoms with E-state index in [0.29, 0.717) is 6.54 Å². The van der Waals surface area contributed by atoms with E-state index in [2.05, 4.69) is 15.4 Å². The van der Waals surface area contributed by atoms with Gasteiger partial charge in [0.1, 0.15) is 5.76 Å². The zero-order chi connectivity index (χ0) is 17.2. The maximum atomic E-state index is 5.26. The Labute approximate surface area is 147 Å². The number of aryl methyl sites for hydroxylation is 2. The molecule has 0 radical (unpaired) electrons. The number of fused-ring (bicyclic) bond motifs is 1. The summed E-state index contributed by atoms with van der Waals surface area (Å²) in [5.41, 5.74) is 3.84. The maximum Gasteiger partial charge on any atom is 0.172 e. The molecule has 6 heteroatoms. The minimum Gasteiger partial charge on any atom is -0.363 e. The number of hydrogen-bond acceptors (Lipinski definition) is 6. The van der Waals surface area contributed by atoms with Crippen molar-refractivity contribution in [3.63, 3.8) is 0 Å². The quantitative estimate of drug-likeness (QED) is 0.780. The van der Waals surface area contributed by atoms with Crippen molar-refractivity contribution < 1.29 is 4.52 Å². The number of hydrogen-bond donors (Lipinski definition) is 1. The standard InChI is InChI=1S/C19H23N5O/c1-13-15(14(2)25-23-13)12-20-18-19(24-10-6-3-7-11-24)22-17-9-5-4-8-16(17)21-18/h4-5,8-9H,3,6-7,10-12H2,1-2H3,(H,20,21). The number of nitrogens with one attached hydrogen (secondary N) is 1. The molecule has 6 nitrogen and oxygen atoms in total. The average Bonchev–Trinajstić information content (AvgIpc) is 2.98. The summed E-state index contributed by atoms with van der Waals surface area (Å²) < 4.78 is 5.26. The molecule has 25 heavy (non-hydrogen) atoms. The SMILES string of the molecule is Cc1noc(C)c1CNc1nc2ccccc2nc1N1CCCCC1. The Hall–Kier alpha value is -2.63. The predicted octanol–water partition coefficient (Wildman–Crippen LogP) is 3.84. The van der Waals surface area contributed by atoms with Crippen molar-refractivity contribution in [3.8, 4) is 0 Å². The summed E-state index contributed by atoms with van der Waals surface area (Å²) in [6, 6.07) is 8.03. The molecule has 0 saturated carbocycles. The van der Waals surface area contributed by atoms with Crippen LogP contribution in [0.4, 0.5) is 11.6 Å². The van der Waals surface area contributed by atoms with Gasteiger partial charge in [0.05, 0.1) is 16.7 Å². The molecule has 0 amide bonds. The van der Waals surface area contributed by atoms with Gasteiger partial charge in [0, 0.05) is 25.2 Å². The van der Waals surface area contributed by atoms with Gasteiger partial charge in [-0.25, -0.2) is 9.97 Å². The molecule has 4 rings (SSSR count). The molecular weight excluding hydrogens is 314 g/mol. The van der Waals surface area contributed by atoms with Gasteiger partial charge in [-0.15, -0.1) is 0 Å². The van der Waals surface area contributed by atoms with Crippen molar-refractivity contribution in [2.24, 2.45) is 0 Å². The van der Waals surface area contributed by atoms with Crippen LogP contribution in [-0.2, 0) is 6.54 Å². The van der Waals surface area contributed by atoms with E-state index in [1.165, 1.54) is 19.3 Å². The van der Waals surface area contributed by atoms with Crippen molar-refractivity contribution >= 4 is 22.7 Å². The van der Waals surface area contributed by atoms with Gasteiger partial charge in [0.2, 0.25) is 0 Å². The number of benzene rings is 1. The van der Waals surface area contributed by atoms with Gasteiger partial charge in [-0.3, -0.25) is 0 Å². The molecule has 130 valence electrons. The Morgan fingerprint density at radius 1 is 1.04 bits per heavy atom. The molecule has 0 spiro atoms. The first-order chi connectivity index (χ1) is 12.2. The van der Waals surface area contributed by atoms with Gasteiger partial charge >= 0.3 is 0 Å². The van der Waals surface area contributed by atoms with Crippen LogP contribution in [0.5, 0.6) is 0 Å². The van der Waals surface area contributed by atoms with Crippen LogP contribution in [0.15, 0.2) is 28.8 Å². The Bertz CT molecular complexity index is 863. The van der Waals surface area contributed by atoms with E-state index in [1.54, 1.807) is 0 Å². The van der Waals surface area contributed by atoms with E-state index in [9.17, 15) is 0 Å². The Morgan fingerprint density at radius 3 is 2.44 bits per heavy atom. The minimum atomic E-state index is 0.634. The third-order valence-corrected chi connectivity index (χ3v) is 4.82. The molecule has 1 aliphatic heterocycles. The van der Waals surface area contributed by atoms with Crippen LogP contribution in [0.2, 0.25) is 0 Å². The highest BCUT2D eigenvalue weighted by Gasteiger charge is 2.19. The van der Waals surface area contributed by atoms with E-state index in [1.807, 2.05) is 38.1 Å². The molecule has 0 atom stereocenters. The first-order valence-corrected chi connectivity index (χ1v) is 8.90. The summed E-state index contributed by atoms with van der Waals surface area (Å²) in [5, 5.41) is 7.50. The van der Waals surface area contributed by atoms with Gasteiger partial charge in [0.25, 0.3) is 0 Å². The average molecular weight is 337 g/mol. The van der Waals surface area contributed by atoms with Crippen LogP contribution in [0, 0.1) is 13.8 Å². The third-order valence-electron chi connectivity index (χ3n) is 4.82. The normalized spacial score (nSPS) is 14.9. The molecule has 2 aromatic heterocycles. The molecule has 3 aromatic rings. The van der Waals surface area contributed by atoms with Gasteiger partial charge in [0.15, 0.2) is 11.6 Å². The molecule has 1 N–H and O–H groups in total. The van der Waals surface area contributed by atoms with Crippen LogP contribution in [-0.4, -0.2) is 28.2 Å². The molecular formula is C19H23N5O. The van der Waals surface area contributed by atoms with Crippen LogP contribution >= 0.6 is 0 Å². The molecule has 1 aliphatic rings. The molecule has 1 saturated heterocycles. The number of rotatable bonds is 4. The zero-order valence-corrected chi connectivity index (χ0v) is 14.7. The third kappa shape index (κ3) is 3.16.